The summed E-state index contributed by atoms with van der Waals surface area (Å²) in [5.41, 5.74) is 7.16. The zero-order valence-corrected chi connectivity index (χ0v) is 11.6. The van der Waals surface area contributed by atoms with Gasteiger partial charge in [0.05, 0.1) is 0 Å². The molecule has 0 bridgehead atoms. The van der Waals surface area contributed by atoms with Gasteiger partial charge in [-0.05, 0) is 29.3 Å². The van der Waals surface area contributed by atoms with Gasteiger partial charge in [-0.25, -0.2) is 9.37 Å². The van der Waals surface area contributed by atoms with E-state index < -0.39 is 0 Å². The van der Waals surface area contributed by atoms with Gasteiger partial charge in [-0.1, -0.05) is 12.1 Å². The highest BCUT2D eigenvalue weighted by molar-refractivity contribution is 6.18. The van der Waals surface area contributed by atoms with Crippen LogP contribution in [0, 0.1) is 5.82 Å². The second kappa shape index (κ2) is 5.27. The molecule has 0 radical (unpaired) electrons. The summed E-state index contributed by atoms with van der Waals surface area (Å²) in [7, 11) is 0. The van der Waals surface area contributed by atoms with Crippen molar-refractivity contribution < 1.29 is 4.39 Å². The lowest BCUT2D eigenvalue weighted by Crippen LogP contribution is -2.12. The number of nitrogens with zero attached hydrogens (tertiary/aromatic N) is 2. The molecule has 6 heteroatoms. The largest absolute Gasteiger partial charge is 0.326 e. The molecule has 21 heavy (non-hydrogen) atoms. The van der Waals surface area contributed by atoms with Crippen LogP contribution in [-0.2, 0) is 6.54 Å². The molecule has 2 heterocycles. The van der Waals surface area contributed by atoms with Crippen molar-refractivity contribution in [2.45, 2.75) is 6.54 Å². The lowest BCUT2D eigenvalue weighted by atomic mass is 10.0. The first-order valence-electron chi connectivity index (χ1n) is 6.27. The van der Waals surface area contributed by atoms with Gasteiger partial charge < -0.3 is 5.73 Å². The smallest absolute Gasteiger partial charge is 0.266 e. The van der Waals surface area contributed by atoms with E-state index in [4.69, 9.17) is 17.5 Å². The predicted molar refractivity (Wildman–Crippen MR) is 80.5 cm³/mol. The molecule has 0 aliphatic carbocycles. The monoisotopic (exact) mass is 303 g/mol. The maximum atomic E-state index is 14.3. The second-order valence-electron chi connectivity index (χ2n) is 4.57. The van der Waals surface area contributed by atoms with E-state index in [9.17, 15) is 9.18 Å². The highest BCUT2D eigenvalue weighted by Crippen LogP contribution is 2.29. The highest BCUT2D eigenvalue weighted by Gasteiger charge is 2.12. The fourth-order valence-electron chi connectivity index (χ4n) is 2.25. The number of pyridine rings is 2. The lowest BCUT2D eigenvalue weighted by Gasteiger charge is -2.09. The van der Waals surface area contributed by atoms with Gasteiger partial charge in [0.2, 0.25) is 0 Å². The first-order valence-corrected chi connectivity index (χ1v) is 6.61. The molecule has 0 amide bonds. The molecule has 1 aromatic carbocycles. The Morgan fingerprint density at radius 1 is 1.19 bits per heavy atom. The topological polar surface area (TPSA) is 60.9 Å². The highest BCUT2D eigenvalue weighted by atomic mass is 35.5. The summed E-state index contributed by atoms with van der Waals surface area (Å²) in [6.07, 6.45) is 1.49. The van der Waals surface area contributed by atoms with Crippen LogP contribution in [0.3, 0.4) is 0 Å². The molecule has 0 aliphatic rings. The fourth-order valence-corrected chi connectivity index (χ4v) is 2.44. The molecule has 0 fully saturated rings. The average Bonchev–Trinajstić information content (AvgIpc) is 2.50. The normalized spacial score (nSPS) is 11.0. The van der Waals surface area contributed by atoms with Gasteiger partial charge in [-0.2, -0.15) is 4.09 Å². The summed E-state index contributed by atoms with van der Waals surface area (Å²) in [4.78, 5) is 15.6. The number of benzene rings is 1. The number of nitrogens with two attached hydrogens (primary N) is 1. The quantitative estimate of drug-likeness (QED) is 0.792. The van der Waals surface area contributed by atoms with Crippen molar-refractivity contribution in [3.8, 4) is 11.1 Å². The molecule has 2 N–H and O–H groups in total. The first-order chi connectivity index (χ1) is 10.1. The minimum atomic E-state index is -0.382. The Hall–Kier alpha value is -2.24. The van der Waals surface area contributed by atoms with E-state index in [1.165, 1.54) is 18.3 Å². The van der Waals surface area contributed by atoms with Crippen LogP contribution in [0.25, 0.3) is 22.2 Å². The lowest BCUT2D eigenvalue weighted by molar-refractivity contribution is 0.629. The third-order valence-corrected chi connectivity index (χ3v) is 3.63. The number of halogens is 2. The zero-order valence-electron chi connectivity index (χ0n) is 10.9. The van der Waals surface area contributed by atoms with Gasteiger partial charge in [0, 0.05) is 41.5 Å². The molecular formula is C15H11ClFN3O. The van der Waals surface area contributed by atoms with Crippen molar-refractivity contribution in [3.63, 3.8) is 0 Å². The van der Waals surface area contributed by atoms with Crippen molar-refractivity contribution in [3.05, 3.63) is 64.3 Å². The van der Waals surface area contributed by atoms with Crippen molar-refractivity contribution in [2.24, 2.45) is 5.73 Å². The van der Waals surface area contributed by atoms with E-state index in [2.05, 4.69) is 4.98 Å². The molecule has 0 spiro atoms. The number of fused-ring (bicyclic) bond motifs is 1. The molecule has 0 saturated carbocycles. The van der Waals surface area contributed by atoms with E-state index in [1.807, 2.05) is 0 Å². The summed E-state index contributed by atoms with van der Waals surface area (Å²) < 4.78 is 15.2. The van der Waals surface area contributed by atoms with Crippen LogP contribution in [-0.4, -0.2) is 9.07 Å². The molecule has 3 aromatic rings. The maximum absolute atomic E-state index is 14.3. The number of hydrogen-bond donors (Lipinski definition) is 1. The van der Waals surface area contributed by atoms with E-state index in [0.717, 1.165) is 4.09 Å². The predicted octanol–water partition coefficient (Wildman–Crippen LogP) is 2.66. The Morgan fingerprint density at radius 2 is 2.00 bits per heavy atom. The third kappa shape index (κ3) is 2.30. The Labute approximate surface area is 124 Å². The van der Waals surface area contributed by atoms with Gasteiger partial charge in [-0.15, -0.1) is 0 Å². The van der Waals surface area contributed by atoms with Crippen molar-refractivity contribution >= 4 is 22.8 Å². The summed E-state index contributed by atoms with van der Waals surface area (Å²) in [6.45, 7) is 0.273. The number of aromatic nitrogens is 2. The van der Waals surface area contributed by atoms with Gasteiger partial charge in [0.15, 0.2) is 5.65 Å². The summed E-state index contributed by atoms with van der Waals surface area (Å²) in [5.74, 6) is -0.377. The minimum absolute atomic E-state index is 0.273. The summed E-state index contributed by atoms with van der Waals surface area (Å²) >= 11 is 5.90. The van der Waals surface area contributed by atoms with E-state index in [0.29, 0.717) is 27.7 Å². The second-order valence-corrected chi connectivity index (χ2v) is 4.90. The maximum Gasteiger partial charge on any atom is 0.266 e. The molecule has 106 valence electrons. The molecule has 0 unspecified atom stereocenters. The molecular weight excluding hydrogens is 293 g/mol. The van der Waals surface area contributed by atoms with Gasteiger partial charge in [0.25, 0.3) is 5.56 Å². The van der Waals surface area contributed by atoms with Gasteiger partial charge in [-0.3, -0.25) is 4.79 Å². The Kier molecular flexibility index (Phi) is 3.45. The summed E-state index contributed by atoms with van der Waals surface area (Å²) in [5, 5.41) is 0.603. The van der Waals surface area contributed by atoms with Crippen LogP contribution in [0.1, 0.15) is 5.56 Å². The van der Waals surface area contributed by atoms with E-state index >= 15 is 0 Å². The molecule has 2 aromatic heterocycles. The fraction of sp³-hybridized carbons (Fsp3) is 0.0667. The van der Waals surface area contributed by atoms with Crippen LogP contribution in [0.15, 0.2) is 47.4 Å². The Morgan fingerprint density at radius 3 is 2.71 bits per heavy atom. The average molecular weight is 304 g/mol. The van der Waals surface area contributed by atoms with E-state index in [1.54, 1.807) is 24.3 Å². The first kappa shape index (κ1) is 13.7. The van der Waals surface area contributed by atoms with Crippen LogP contribution in [0.2, 0.25) is 0 Å². The van der Waals surface area contributed by atoms with Crippen molar-refractivity contribution in [1.82, 2.24) is 9.07 Å². The van der Waals surface area contributed by atoms with E-state index in [-0.39, 0.29) is 17.9 Å². The van der Waals surface area contributed by atoms with Crippen LogP contribution < -0.4 is 11.3 Å². The Balaban J connectivity index is 2.31. The molecule has 0 aliphatic heterocycles. The van der Waals surface area contributed by atoms with Crippen molar-refractivity contribution in [2.75, 3.05) is 0 Å². The number of hydrogen-bond acceptors (Lipinski definition) is 3. The van der Waals surface area contributed by atoms with Crippen molar-refractivity contribution in [1.29, 1.82) is 0 Å². The summed E-state index contributed by atoms with van der Waals surface area (Å²) in [6, 6.07) is 9.43. The van der Waals surface area contributed by atoms with Gasteiger partial charge in [0.1, 0.15) is 5.82 Å². The minimum Gasteiger partial charge on any atom is -0.326 e. The number of rotatable bonds is 2. The zero-order chi connectivity index (χ0) is 15.0. The van der Waals surface area contributed by atoms with Crippen LogP contribution in [0.5, 0.6) is 0 Å². The standard InChI is InChI=1S/C15H11ClFN3O/c16-20-14(21)4-3-12-10(5-6-19-15(12)20)11-2-1-9(8-18)7-13(11)17/h1-7H,8,18H2. The molecule has 0 saturated heterocycles. The van der Waals surface area contributed by atoms with Crippen LogP contribution in [0.4, 0.5) is 4.39 Å². The SMILES string of the molecule is NCc1ccc(-c2ccnc3c2ccc(=O)n3Cl)c(F)c1. The molecule has 0 atom stereocenters. The van der Waals surface area contributed by atoms with Crippen LogP contribution >= 0.6 is 11.8 Å². The molecule has 4 nitrogen and oxygen atoms in total. The molecule has 3 rings (SSSR count). The van der Waals surface area contributed by atoms with Gasteiger partial charge >= 0.3 is 0 Å². The third-order valence-electron chi connectivity index (χ3n) is 3.30. The Bertz CT molecular complexity index is 892.